The Balaban J connectivity index is 2.43. The molecule has 3 atom stereocenters. The van der Waals surface area contributed by atoms with Crippen LogP contribution in [0, 0.1) is 0 Å². The molecule has 0 saturated carbocycles. The molecule has 17 heavy (non-hydrogen) atoms. The van der Waals surface area contributed by atoms with E-state index in [-0.39, 0.29) is 24.2 Å². The molecule has 0 aliphatic carbocycles. The molecule has 5 heteroatoms. The molecular formula is C12H23NO4. The van der Waals surface area contributed by atoms with E-state index in [1.807, 2.05) is 13.8 Å². The smallest absolute Gasteiger partial charge is 0.307 e. The minimum Gasteiger partial charge on any atom is -0.466 e. The molecule has 0 aromatic carbocycles. The highest BCUT2D eigenvalue weighted by Crippen LogP contribution is 2.19. The van der Waals surface area contributed by atoms with Crippen molar-refractivity contribution < 1.29 is 19.0 Å². The SMILES string of the molecule is CCOC(=O)CC(C)N1CC(OC)C(OC)C1. The number of likely N-dealkylation sites (tertiary alicyclic amines) is 1. The number of esters is 1. The quantitative estimate of drug-likeness (QED) is 0.644. The van der Waals surface area contributed by atoms with Crippen LogP contribution >= 0.6 is 0 Å². The molecule has 1 aliphatic heterocycles. The van der Waals surface area contributed by atoms with Gasteiger partial charge in [-0.05, 0) is 13.8 Å². The van der Waals surface area contributed by atoms with E-state index >= 15 is 0 Å². The van der Waals surface area contributed by atoms with Gasteiger partial charge in [0, 0.05) is 33.4 Å². The molecule has 1 fully saturated rings. The third-order valence-electron chi connectivity index (χ3n) is 3.24. The molecular weight excluding hydrogens is 222 g/mol. The van der Waals surface area contributed by atoms with E-state index in [4.69, 9.17) is 14.2 Å². The third kappa shape index (κ3) is 3.94. The Bertz CT molecular complexity index is 235. The summed E-state index contributed by atoms with van der Waals surface area (Å²) in [6, 6.07) is 0.159. The molecule has 1 saturated heterocycles. The lowest BCUT2D eigenvalue weighted by molar-refractivity contribution is -0.144. The van der Waals surface area contributed by atoms with E-state index in [0.29, 0.717) is 13.0 Å². The summed E-state index contributed by atoms with van der Waals surface area (Å²) in [4.78, 5) is 13.6. The van der Waals surface area contributed by atoms with Gasteiger partial charge in [-0.3, -0.25) is 9.69 Å². The maximum Gasteiger partial charge on any atom is 0.307 e. The zero-order chi connectivity index (χ0) is 12.8. The fraction of sp³-hybridized carbons (Fsp3) is 0.917. The van der Waals surface area contributed by atoms with Crippen LogP contribution in [-0.2, 0) is 19.0 Å². The molecule has 0 N–H and O–H groups in total. The minimum atomic E-state index is -0.144. The summed E-state index contributed by atoms with van der Waals surface area (Å²) < 4.78 is 15.7. The predicted octanol–water partition coefficient (Wildman–Crippen LogP) is 0.674. The Morgan fingerprint density at radius 2 is 1.82 bits per heavy atom. The summed E-state index contributed by atoms with van der Waals surface area (Å²) in [5, 5.41) is 0. The fourth-order valence-corrected chi connectivity index (χ4v) is 2.17. The first kappa shape index (κ1) is 14.4. The molecule has 0 aromatic heterocycles. The summed E-state index contributed by atoms with van der Waals surface area (Å²) in [6.07, 6.45) is 0.593. The second kappa shape index (κ2) is 6.93. The average molecular weight is 245 g/mol. The maximum absolute atomic E-state index is 11.4. The molecule has 0 amide bonds. The van der Waals surface area contributed by atoms with E-state index in [1.54, 1.807) is 14.2 Å². The molecule has 3 unspecified atom stereocenters. The lowest BCUT2D eigenvalue weighted by Crippen LogP contribution is -2.34. The van der Waals surface area contributed by atoms with Crippen molar-refractivity contribution in [3.63, 3.8) is 0 Å². The van der Waals surface area contributed by atoms with Gasteiger partial charge in [-0.25, -0.2) is 0 Å². The Morgan fingerprint density at radius 1 is 1.29 bits per heavy atom. The second-order valence-electron chi connectivity index (χ2n) is 4.36. The van der Waals surface area contributed by atoms with Crippen molar-refractivity contribution >= 4 is 5.97 Å². The summed E-state index contributed by atoms with van der Waals surface area (Å²) >= 11 is 0. The number of methoxy groups -OCH3 is 2. The molecule has 0 aromatic rings. The zero-order valence-electron chi connectivity index (χ0n) is 11.1. The van der Waals surface area contributed by atoms with Crippen molar-refractivity contribution in [1.82, 2.24) is 4.90 Å². The van der Waals surface area contributed by atoms with Gasteiger partial charge in [0.1, 0.15) is 0 Å². The van der Waals surface area contributed by atoms with Gasteiger partial charge >= 0.3 is 5.97 Å². The lowest BCUT2D eigenvalue weighted by atomic mass is 10.2. The van der Waals surface area contributed by atoms with Crippen LogP contribution in [0.4, 0.5) is 0 Å². The molecule has 0 bridgehead atoms. The van der Waals surface area contributed by atoms with Gasteiger partial charge in [0.25, 0.3) is 0 Å². The van der Waals surface area contributed by atoms with Crippen molar-refractivity contribution in [3.8, 4) is 0 Å². The first-order valence-electron chi connectivity index (χ1n) is 6.07. The van der Waals surface area contributed by atoms with Gasteiger partial charge in [-0.2, -0.15) is 0 Å². The van der Waals surface area contributed by atoms with Crippen molar-refractivity contribution in [3.05, 3.63) is 0 Å². The van der Waals surface area contributed by atoms with Crippen LogP contribution in [-0.4, -0.2) is 63.0 Å². The molecule has 5 nitrogen and oxygen atoms in total. The number of rotatable bonds is 6. The summed E-state index contributed by atoms with van der Waals surface area (Å²) in [6.45, 7) is 5.89. The zero-order valence-corrected chi connectivity index (χ0v) is 11.1. The number of hydrogen-bond acceptors (Lipinski definition) is 5. The third-order valence-corrected chi connectivity index (χ3v) is 3.24. The topological polar surface area (TPSA) is 48.0 Å². The molecule has 0 radical (unpaired) electrons. The minimum absolute atomic E-state index is 0.0876. The van der Waals surface area contributed by atoms with Crippen LogP contribution < -0.4 is 0 Å². The Labute approximate surface area is 103 Å². The molecule has 1 heterocycles. The highest BCUT2D eigenvalue weighted by atomic mass is 16.5. The van der Waals surface area contributed by atoms with Crippen molar-refractivity contribution in [2.45, 2.75) is 38.5 Å². The van der Waals surface area contributed by atoms with Gasteiger partial charge < -0.3 is 14.2 Å². The van der Waals surface area contributed by atoms with Crippen LogP contribution in [0.3, 0.4) is 0 Å². The van der Waals surface area contributed by atoms with Gasteiger partial charge in [-0.15, -0.1) is 0 Å². The van der Waals surface area contributed by atoms with Gasteiger partial charge in [0.15, 0.2) is 0 Å². The van der Waals surface area contributed by atoms with Gasteiger partial charge in [-0.1, -0.05) is 0 Å². The van der Waals surface area contributed by atoms with Crippen molar-refractivity contribution in [2.24, 2.45) is 0 Å². The van der Waals surface area contributed by atoms with Crippen LogP contribution in [0.2, 0.25) is 0 Å². The number of carbonyl (C=O) groups is 1. The summed E-state index contributed by atoms with van der Waals surface area (Å²) in [5.41, 5.74) is 0. The Morgan fingerprint density at radius 3 is 2.24 bits per heavy atom. The second-order valence-corrected chi connectivity index (χ2v) is 4.36. The lowest BCUT2D eigenvalue weighted by Gasteiger charge is -2.22. The first-order valence-corrected chi connectivity index (χ1v) is 6.07. The van der Waals surface area contributed by atoms with Crippen LogP contribution in [0.5, 0.6) is 0 Å². The Hall–Kier alpha value is -0.650. The molecule has 1 rings (SSSR count). The number of carbonyl (C=O) groups excluding carboxylic acids is 1. The standard InChI is InChI=1S/C12H23NO4/c1-5-17-12(14)6-9(2)13-7-10(15-3)11(8-13)16-4/h9-11H,5-8H2,1-4H3. The highest BCUT2D eigenvalue weighted by Gasteiger charge is 2.35. The number of hydrogen-bond donors (Lipinski definition) is 0. The monoisotopic (exact) mass is 245 g/mol. The Kier molecular flexibility index (Phi) is 5.88. The normalized spacial score (nSPS) is 27.1. The van der Waals surface area contributed by atoms with Gasteiger partial charge in [0.2, 0.25) is 0 Å². The van der Waals surface area contributed by atoms with Crippen LogP contribution in [0.1, 0.15) is 20.3 Å². The molecule has 100 valence electrons. The fourth-order valence-electron chi connectivity index (χ4n) is 2.17. The van der Waals surface area contributed by atoms with Crippen LogP contribution in [0.25, 0.3) is 0 Å². The van der Waals surface area contributed by atoms with E-state index in [2.05, 4.69) is 4.90 Å². The average Bonchev–Trinajstić information content (AvgIpc) is 2.72. The van der Waals surface area contributed by atoms with Crippen molar-refractivity contribution in [2.75, 3.05) is 33.9 Å². The molecule has 0 spiro atoms. The van der Waals surface area contributed by atoms with Gasteiger partial charge in [0.05, 0.1) is 25.2 Å². The molecule has 1 aliphatic rings. The van der Waals surface area contributed by atoms with E-state index in [9.17, 15) is 4.79 Å². The first-order chi connectivity index (χ1) is 8.12. The number of ether oxygens (including phenoxy) is 3. The van der Waals surface area contributed by atoms with Crippen LogP contribution in [0.15, 0.2) is 0 Å². The largest absolute Gasteiger partial charge is 0.466 e. The number of nitrogens with zero attached hydrogens (tertiary/aromatic N) is 1. The summed E-state index contributed by atoms with van der Waals surface area (Å²) in [7, 11) is 3.38. The predicted molar refractivity (Wildman–Crippen MR) is 63.9 cm³/mol. The van der Waals surface area contributed by atoms with E-state index in [1.165, 1.54) is 0 Å². The van der Waals surface area contributed by atoms with Crippen molar-refractivity contribution in [1.29, 1.82) is 0 Å². The highest BCUT2D eigenvalue weighted by molar-refractivity contribution is 5.70. The summed E-state index contributed by atoms with van der Waals surface area (Å²) in [5.74, 6) is -0.144. The van der Waals surface area contributed by atoms with E-state index in [0.717, 1.165) is 13.1 Å². The van der Waals surface area contributed by atoms with E-state index < -0.39 is 0 Å². The maximum atomic E-state index is 11.4.